The quantitative estimate of drug-likeness (QED) is 0.348. The molecule has 3 aromatic rings. The van der Waals surface area contributed by atoms with Gasteiger partial charge in [-0.15, -0.1) is 10.2 Å². The maximum atomic E-state index is 12.7. The molecule has 1 aromatic heterocycles. The predicted molar refractivity (Wildman–Crippen MR) is 105 cm³/mol. The third-order valence-electron chi connectivity index (χ3n) is 5.96. The number of carbonyl (C=O) groups is 2. The molecule has 8 nitrogen and oxygen atoms in total. The van der Waals surface area contributed by atoms with E-state index in [0.717, 1.165) is 11.3 Å². The lowest BCUT2D eigenvalue weighted by molar-refractivity contribution is -2.00. The summed E-state index contributed by atoms with van der Waals surface area (Å²) in [7, 11) is -4.94. The normalized spacial score (nSPS) is 15.5. The maximum absolute atomic E-state index is 12.7. The fraction of sp³-hybridized carbons (Fsp3) is 0.208. The molecule has 2 aliphatic rings. The van der Waals surface area contributed by atoms with E-state index in [1.54, 1.807) is 24.3 Å². The summed E-state index contributed by atoms with van der Waals surface area (Å²) in [6, 6.07) is 17.6. The van der Waals surface area contributed by atoms with Gasteiger partial charge < -0.3 is 0 Å². The first-order chi connectivity index (χ1) is 15.4. The highest BCUT2D eigenvalue weighted by Gasteiger charge is 2.44. The Morgan fingerprint density at radius 3 is 2.06 bits per heavy atom. The Balaban J connectivity index is 0.000000471. The van der Waals surface area contributed by atoms with Crippen LogP contribution in [0.15, 0.2) is 60.8 Å². The van der Waals surface area contributed by atoms with Gasteiger partial charge in [0.15, 0.2) is 11.9 Å². The Labute approximate surface area is 192 Å². The zero-order valence-electron chi connectivity index (χ0n) is 18.2. The summed E-state index contributed by atoms with van der Waals surface area (Å²) in [4.78, 5) is 26.7. The molecule has 5 rings (SSSR count). The molecule has 3 heterocycles. The summed E-state index contributed by atoms with van der Waals surface area (Å²) in [6.45, 7) is 6.83. The monoisotopic (exact) mass is 468 g/mol. The topological polar surface area (TPSA) is 134 Å². The number of imide groups is 1. The Morgan fingerprint density at radius 2 is 1.48 bits per heavy atom. The fourth-order valence-electron chi connectivity index (χ4n) is 4.39. The van der Waals surface area contributed by atoms with Crippen LogP contribution in [-0.2, 0) is 12.0 Å². The number of carbonyl (C=O) groups excluding carboxylic acids is 2. The van der Waals surface area contributed by atoms with Gasteiger partial charge in [-0.25, -0.2) is 18.6 Å². The van der Waals surface area contributed by atoms with Crippen LogP contribution in [-0.4, -0.2) is 16.7 Å². The summed E-state index contributed by atoms with van der Waals surface area (Å²) in [6.07, 6.45) is 2.11. The molecular formula is C24H21ClN2O6. The smallest absolute Gasteiger partial charge is 0.261 e. The molecule has 2 aromatic carbocycles. The van der Waals surface area contributed by atoms with Crippen molar-refractivity contribution in [1.29, 1.82) is 0 Å². The van der Waals surface area contributed by atoms with Gasteiger partial charge in [0.1, 0.15) is 0 Å². The molecule has 0 saturated carbocycles. The van der Waals surface area contributed by atoms with Gasteiger partial charge in [0.25, 0.3) is 11.8 Å². The standard InChI is InChI=1S/C24H21N2O2.ClHO4/c1-15-10-11-25-20-9-8-16(13-19(20)24(2,3)21(25)12-15)14-26-22(27)17-6-4-5-7-18(17)23(26)28;2-1(3,4)5/h4-13H,14H2,1-3H3;(H,2,3,4,5)/q+1;/p-1. The van der Waals surface area contributed by atoms with Crippen molar-refractivity contribution in [2.24, 2.45) is 0 Å². The first-order valence-electron chi connectivity index (χ1n) is 10.1. The minimum absolute atomic E-state index is 0.140. The second-order valence-corrected chi connectivity index (χ2v) is 9.31. The summed E-state index contributed by atoms with van der Waals surface area (Å²) in [5.41, 5.74) is 6.67. The molecule has 0 N–H and O–H groups in total. The number of benzene rings is 2. The molecule has 0 aliphatic carbocycles. The van der Waals surface area contributed by atoms with Crippen molar-refractivity contribution in [3.8, 4) is 5.69 Å². The second kappa shape index (κ2) is 8.02. The van der Waals surface area contributed by atoms with Crippen LogP contribution < -0.4 is 23.2 Å². The zero-order chi connectivity index (χ0) is 24.1. The van der Waals surface area contributed by atoms with Crippen LogP contribution in [0.4, 0.5) is 0 Å². The van der Waals surface area contributed by atoms with E-state index in [1.807, 2.05) is 6.07 Å². The summed E-state index contributed by atoms with van der Waals surface area (Å²) in [5.74, 6) is -0.428. The molecule has 0 saturated heterocycles. The number of hydrogen-bond acceptors (Lipinski definition) is 6. The Hall–Kier alpha value is -3.14. The van der Waals surface area contributed by atoms with E-state index >= 15 is 0 Å². The van der Waals surface area contributed by atoms with Crippen molar-refractivity contribution in [2.45, 2.75) is 32.7 Å². The molecule has 0 unspecified atom stereocenters. The molecule has 0 radical (unpaired) electrons. The number of amides is 2. The van der Waals surface area contributed by atoms with Gasteiger partial charge in [-0.05, 0) is 50.1 Å². The van der Waals surface area contributed by atoms with Gasteiger partial charge in [-0.2, -0.15) is 4.57 Å². The molecule has 0 bridgehead atoms. The van der Waals surface area contributed by atoms with Gasteiger partial charge in [0, 0.05) is 23.8 Å². The third-order valence-corrected chi connectivity index (χ3v) is 5.96. The van der Waals surface area contributed by atoms with Gasteiger partial charge in [0.05, 0.1) is 23.1 Å². The van der Waals surface area contributed by atoms with Crippen molar-refractivity contribution in [2.75, 3.05) is 0 Å². The summed E-state index contributed by atoms with van der Waals surface area (Å²) >= 11 is 0. The van der Waals surface area contributed by atoms with E-state index in [-0.39, 0.29) is 23.8 Å². The molecule has 0 fully saturated rings. The number of hydrogen-bond donors (Lipinski definition) is 0. The first-order valence-corrected chi connectivity index (χ1v) is 11.3. The van der Waals surface area contributed by atoms with Gasteiger partial charge in [0.2, 0.25) is 5.69 Å². The van der Waals surface area contributed by atoms with Crippen molar-refractivity contribution in [3.63, 3.8) is 0 Å². The van der Waals surface area contributed by atoms with Crippen molar-refractivity contribution < 1.29 is 43.0 Å². The van der Waals surface area contributed by atoms with Crippen molar-refractivity contribution in [3.05, 3.63) is 94.3 Å². The largest absolute Gasteiger partial charge is 0.270 e. The highest BCUT2D eigenvalue weighted by atomic mass is 35.7. The number of aryl methyl sites for hydroxylation is 1. The van der Waals surface area contributed by atoms with Crippen LogP contribution in [0.1, 0.15) is 56.9 Å². The minimum Gasteiger partial charge on any atom is -0.270 e. The van der Waals surface area contributed by atoms with E-state index in [9.17, 15) is 9.59 Å². The predicted octanol–water partition coefficient (Wildman–Crippen LogP) is -1.05. The van der Waals surface area contributed by atoms with Crippen LogP contribution in [0.5, 0.6) is 0 Å². The molecule has 33 heavy (non-hydrogen) atoms. The molecule has 0 atom stereocenters. The Kier molecular flexibility index (Phi) is 5.60. The van der Waals surface area contributed by atoms with E-state index in [1.165, 1.54) is 21.7 Å². The molecule has 0 spiro atoms. The number of rotatable bonds is 2. The average molecular weight is 469 g/mol. The zero-order valence-corrected chi connectivity index (χ0v) is 19.0. The lowest BCUT2D eigenvalue weighted by Crippen LogP contribution is -2.68. The maximum Gasteiger partial charge on any atom is 0.261 e. The lowest BCUT2D eigenvalue weighted by atomic mass is 9.82. The van der Waals surface area contributed by atoms with Crippen molar-refractivity contribution in [1.82, 2.24) is 4.90 Å². The number of nitrogens with zero attached hydrogens (tertiary/aromatic N) is 2. The molecule has 2 aliphatic heterocycles. The van der Waals surface area contributed by atoms with E-state index in [4.69, 9.17) is 18.6 Å². The Morgan fingerprint density at radius 1 is 0.909 bits per heavy atom. The summed E-state index contributed by atoms with van der Waals surface area (Å²) < 4.78 is 36.2. The summed E-state index contributed by atoms with van der Waals surface area (Å²) in [5, 5.41) is 0. The lowest BCUT2D eigenvalue weighted by Gasteiger charge is -2.17. The molecular weight excluding hydrogens is 448 g/mol. The van der Waals surface area contributed by atoms with Crippen LogP contribution in [0.25, 0.3) is 5.69 Å². The van der Waals surface area contributed by atoms with Gasteiger partial charge in [-0.1, -0.05) is 18.2 Å². The average Bonchev–Trinajstić information content (AvgIpc) is 3.10. The number of aromatic nitrogens is 1. The third kappa shape index (κ3) is 4.27. The van der Waals surface area contributed by atoms with E-state index < -0.39 is 10.2 Å². The van der Waals surface area contributed by atoms with Crippen LogP contribution in [0.2, 0.25) is 0 Å². The van der Waals surface area contributed by atoms with E-state index in [0.29, 0.717) is 11.1 Å². The molecule has 9 heteroatoms. The van der Waals surface area contributed by atoms with Crippen LogP contribution in [0, 0.1) is 17.2 Å². The molecule has 2 amide bonds. The Bertz CT molecular complexity index is 1240. The van der Waals surface area contributed by atoms with Crippen LogP contribution in [0.3, 0.4) is 0 Å². The highest BCUT2D eigenvalue weighted by Crippen LogP contribution is 2.38. The number of pyridine rings is 1. The number of fused-ring (bicyclic) bond motifs is 4. The number of halogens is 1. The molecule has 170 valence electrons. The van der Waals surface area contributed by atoms with Crippen molar-refractivity contribution >= 4 is 11.8 Å². The highest BCUT2D eigenvalue weighted by molar-refractivity contribution is 6.21. The van der Waals surface area contributed by atoms with Gasteiger partial charge >= 0.3 is 0 Å². The second-order valence-electron chi connectivity index (χ2n) is 8.56. The van der Waals surface area contributed by atoms with Gasteiger partial charge in [-0.3, -0.25) is 14.5 Å². The van der Waals surface area contributed by atoms with Crippen LogP contribution >= 0.6 is 0 Å². The SMILES string of the molecule is Cc1cc[n+]2c(c1)C(C)(C)c1cc(CN3C(=O)c4ccccc4C3=O)ccc1-2.[O-][Cl+3]([O-])([O-])[O-]. The fourth-order valence-corrected chi connectivity index (χ4v) is 4.39. The first kappa shape index (κ1) is 23.0. The minimum atomic E-state index is -4.94. The van der Waals surface area contributed by atoms with E-state index in [2.05, 4.69) is 55.8 Å².